The number of pyridine rings is 1. The van der Waals surface area contributed by atoms with E-state index in [1.54, 1.807) is 18.2 Å². The highest BCUT2D eigenvalue weighted by atomic mass is 19.1. The van der Waals surface area contributed by atoms with Gasteiger partial charge < -0.3 is 10.1 Å². The van der Waals surface area contributed by atoms with Crippen molar-refractivity contribution in [1.82, 2.24) is 4.98 Å². The molecule has 0 radical (unpaired) electrons. The zero-order valence-electron chi connectivity index (χ0n) is 10.7. The summed E-state index contributed by atoms with van der Waals surface area (Å²) in [6.07, 6.45) is 1.15. The fourth-order valence-electron chi connectivity index (χ4n) is 1.72. The second-order valence-electron chi connectivity index (χ2n) is 4.12. The molecule has 0 amide bonds. The van der Waals surface area contributed by atoms with Crippen LogP contribution in [0.2, 0.25) is 0 Å². The van der Waals surface area contributed by atoms with Crippen molar-refractivity contribution in [2.75, 3.05) is 12.4 Å². The number of rotatable bonds is 4. The van der Waals surface area contributed by atoms with E-state index in [1.807, 2.05) is 6.92 Å². The van der Waals surface area contributed by atoms with Crippen LogP contribution in [0.1, 0.15) is 18.7 Å². The van der Waals surface area contributed by atoms with Gasteiger partial charge in [0, 0.05) is 11.8 Å². The number of ether oxygens (including phenoxy) is 1. The summed E-state index contributed by atoms with van der Waals surface area (Å²) < 4.78 is 31.1. The number of anilines is 1. The molecule has 2 rings (SSSR count). The Kier molecular flexibility index (Phi) is 3.94. The third-order valence-corrected chi connectivity index (χ3v) is 2.73. The number of benzene rings is 1. The number of nitrogens with one attached hydrogen (secondary N) is 1. The lowest BCUT2D eigenvalue weighted by Gasteiger charge is -2.15. The van der Waals surface area contributed by atoms with E-state index in [0.717, 1.165) is 6.20 Å². The maximum Gasteiger partial charge on any atom is 0.167 e. The Morgan fingerprint density at radius 2 is 2.00 bits per heavy atom. The van der Waals surface area contributed by atoms with E-state index < -0.39 is 5.82 Å². The topological polar surface area (TPSA) is 34.1 Å². The van der Waals surface area contributed by atoms with Crippen molar-refractivity contribution in [2.24, 2.45) is 0 Å². The van der Waals surface area contributed by atoms with Gasteiger partial charge in [-0.1, -0.05) is 0 Å². The Balaban J connectivity index is 2.12. The van der Waals surface area contributed by atoms with Gasteiger partial charge in [0.2, 0.25) is 0 Å². The number of hydrogen-bond donors (Lipinski definition) is 1. The molecule has 1 N–H and O–H groups in total. The highest BCUT2D eigenvalue weighted by Gasteiger charge is 2.09. The highest BCUT2D eigenvalue weighted by molar-refractivity contribution is 5.48. The number of hydrogen-bond acceptors (Lipinski definition) is 3. The molecule has 0 fully saturated rings. The lowest BCUT2D eigenvalue weighted by molar-refractivity contribution is 0.386. The number of methoxy groups -OCH3 is 1. The van der Waals surface area contributed by atoms with Crippen LogP contribution < -0.4 is 10.1 Å². The average molecular weight is 264 g/mol. The molecule has 0 aliphatic carbocycles. The highest BCUT2D eigenvalue weighted by Crippen LogP contribution is 2.23. The summed E-state index contributed by atoms with van der Waals surface area (Å²) >= 11 is 0. The molecule has 5 heteroatoms. The maximum absolute atomic E-state index is 13.5. The molecule has 0 aliphatic heterocycles. The van der Waals surface area contributed by atoms with Gasteiger partial charge in [0.25, 0.3) is 0 Å². The van der Waals surface area contributed by atoms with Crippen molar-refractivity contribution in [3.63, 3.8) is 0 Å². The Labute approximate surface area is 110 Å². The second kappa shape index (κ2) is 5.65. The van der Waals surface area contributed by atoms with Crippen molar-refractivity contribution in [3.05, 3.63) is 53.9 Å². The fraction of sp³-hybridized carbons (Fsp3) is 0.214. The molecule has 2 aromatic rings. The van der Waals surface area contributed by atoms with E-state index in [2.05, 4.69) is 10.3 Å². The number of nitrogens with zero attached hydrogens (tertiary/aromatic N) is 1. The largest absolute Gasteiger partial charge is 0.494 e. The van der Waals surface area contributed by atoms with Gasteiger partial charge in [-0.05, 0) is 31.2 Å². The molecule has 100 valence electrons. The smallest absolute Gasteiger partial charge is 0.167 e. The van der Waals surface area contributed by atoms with Crippen LogP contribution in [0, 0.1) is 11.6 Å². The Morgan fingerprint density at radius 1 is 1.21 bits per heavy atom. The van der Waals surface area contributed by atoms with Crippen molar-refractivity contribution < 1.29 is 13.5 Å². The molecule has 1 unspecified atom stereocenters. The summed E-state index contributed by atoms with van der Waals surface area (Å²) in [5.74, 6) is -0.628. The lowest BCUT2D eigenvalue weighted by atomic mass is 10.2. The van der Waals surface area contributed by atoms with Crippen LogP contribution in [0.25, 0.3) is 0 Å². The summed E-state index contributed by atoms with van der Waals surface area (Å²) in [5.41, 5.74) is 1.29. The summed E-state index contributed by atoms with van der Waals surface area (Å²) in [6, 6.07) is 7.37. The molecule has 19 heavy (non-hydrogen) atoms. The van der Waals surface area contributed by atoms with Gasteiger partial charge in [-0.15, -0.1) is 0 Å². The molecule has 3 nitrogen and oxygen atoms in total. The lowest BCUT2D eigenvalue weighted by Crippen LogP contribution is -2.08. The van der Waals surface area contributed by atoms with Gasteiger partial charge in [0.05, 0.1) is 25.0 Å². The van der Waals surface area contributed by atoms with Gasteiger partial charge in [-0.2, -0.15) is 0 Å². The second-order valence-corrected chi connectivity index (χ2v) is 4.12. The summed E-state index contributed by atoms with van der Waals surface area (Å²) in [5, 5.41) is 3.09. The minimum Gasteiger partial charge on any atom is -0.494 e. The molecule has 0 saturated carbocycles. The van der Waals surface area contributed by atoms with E-state index in [0.29, 0.717) is 11.4 Å². The first-order chi connectivity index (χ1) is 9.10. The van der Waals surface area contributed by atoms with E-state index >= 15 is 0 Å². The third-order valence-electron chi connectivity index (χ3n) is 2.73. The maximum atomic E-state index is 13.5. The molecule has 0 spiro atoms. The Hall–Kier alpha value is -2.17. The van der Waals surface area contributed by atoms with Gasteiger partial charge in [-0.25, -0.2) is 8.78 Å². The predicted octanol–water partition coefficient (Wildman–Crippen LogP) is 3.54. The monoisotopic (exact) mass is 264 g/mol. The molecule has 1 aromatic carbocycles. The predicted molar refractivity (Wildman–Crippen MR) is 69.2 cm³/mol. The van der Waals surface area contributed by atoms with E-state index in [1.165, 1.54) is 19.2 Å². The minimum absolute atomic E-state index is 0.159. The zero-order valence-corrected chi connectivity index (χ0v) is 10.7. The minimum atomic E-state index is -0.438. The third kappa shape index (κ3) is 3.19. The Morgan fingerprint density at radius 3 is 2.58 bits per heavy atom. The van der Waals surface area contributed by atoms with Gasteiger partial charge in [0.15, 0.2) is 11.6 Å². The van der Waals surface area contributed by atoms with E-state index in [-0.39, 0.29) is 17.6 Å². The van der Waals surface area contributed by atoms with Crippen LogP contribution in [-0.4, -0.2) is 12.1 Å². The van der Waals surface area contributed by atoms with Crippen LogP contribution >= 0.6 is 0 Å². The molecule has 0 bridgehead atoms. The van der Waals surface area contributed by atoms with Crippen LogP contribution in [-0.2, 0) is 0 Å². The number of halogens is 2. The van der Waals surface area contributed by atoms with Crippen LogP contribution in [0.5, 0.6) is 5.75 Å². The van der Waals surface area contributed by atoms with E-state index in [9.17, 15) is 8.78 Å². The normalized spacial score (nSPS) is 12.0. The molecule has 1 aromatic heterocycles. The van der Waals surface area contributed by atoms with Gasteiger partial charge in [0.1, 0.15) is 5.82 Å². The molecule has 0 saturated heterocycles. The summed E-state index contributed by atoms with van der Waals surface area (Å²) in [4.78, 5) is 3.97. The molecular weight excluding hydrogens is 250 g/mol. The van der Waals surface area contributed by atoms with Crippen LogP contribution in [0.15, 0.2) is 36.5 Å². The van der Waals surface area contributed by atoms with Crippen molar-refractivity contribution in [1.29, 1.82) is 0 Å². The number of aromatic nitrogens is 1. The average Bonchev–Trinajstić information content (AvgIpc) is 2.39. The van der Waals surface area contributed by atoms with Crippen molar-refractivity contribution in [3.8, 4) is 5.75 Å². The fourth-order valence-corrected chi connectivity index (χ4v) is 1.72. The van der Waals surface area contributed by atoms with Gasteiger partial charge >= 0.3 is 0 Å². The molecule has 1 heterocycles. The van der Waals surface area contributed by atoms with Crippen LogP contribution in [0.3, 0.4) is 0 Å². The first-order valence-electron chi connectivity index (χ1n) is 5.81. The van der Waals surface area contributed by atoms with Crippen LogP contribution in [0.4, 0.5) is 14.5 Å². The molecule has 0 aliphatic rings. The van der Waals surface area contributed by atoms with E-state index in [4.69, 9.17) is 4.74 Å². The molecule has 1 atom stereocenters. The zero-order chi connectivity index (χ0) is 13.8. The Bertz CT molecular complexity index is 558. The van der Waals surface area contributed by atoms with Crippen molar-refractivity contribution in [2.45, 2.75) is 13.0 Å². The first kappa shape index (κ1) is 13.3. The SMILES string of the molecule is COc1ccc(NC(C)c2ccc(F)cn2)cc1F. The first-order valence-corrected chi connectivity index (χ1v) is 5.81. The van der Waals surface area contributed by atoms with Crippen molar-refractivity contribution >= 4 is 5.69 Å². The van der Waals surface area contributed by atoms with Gasteiger partial charge in [-0.3, -0.25) is 4.98 Å². The quantitative estimate of drug-likeness (QED) is 0.917. The summed E-state index contributed by atoms with van der Waals surface area (Å²) in [6.45, 7) is 1.86. The summed E-state index contributed by atoms with van der Waals surface area (Å²) in [7, 11) is 1.41. The molecular formula is C14H14F2N2O. The standard InChI is InChI=1S/C14H14F2N2O/c1-9(13-5-3-10(15)8-17-13)18-11-4-6-14(19-2)12(16)7-11/h3-9,18H,1-2H3.